The molecule has 1 aliphatic rings. The highest BCUT2D eigenvalue weighted by Gasteiger charge is 2.14. The Labute approximate surface area is 90.4 Å². The highest BCUT2D eigenvalue weighted by molar-refractivity contribution is 9.11. The lowest BCUT2D eigenvalue weighted by Gasteiger charge is -2.08. The van der Waals surface area contributed by atoms with Crippen molar-refractivity contribution in [2.24, 2.45) is 0 Å². The van der Waals surface area contributed by atoms with Crippen molar-refractivity contribution in [1.82, 2.24) is 5.32 Å². The van der Waals surface area contributed by atoms with E-state index in [1.54, 1.807) is 11.3 Å². The van der Waals surface area contributed by atoms with Gasteiger partial charge in [0.1, 0.15) is 0 Å². The van der Waals surface area contributed by atoms with Gasteiger partial charge in [0.25, 0.3) is 0 Å². The molecule has 0 aliphatic carbocycles. The van der Waals surface area contributed by atoms with Crippen molar-refractivity contribution in [2.75, 3.05) is 13.2 Å². The van der Waals surface area contributed by atoms with Gasteiger partial charge >= 0.3 is 0 Å². The van der Waals surface area contributed by atoms with Crippen molar-refractivity contribution in [2.45, 2.75) is 19.0 Å². The Balaban J connectivity index is 1.78. The fourth-order valence-electron chi connectivity index (χ4n) is 1.40. The number of hydrogen-bond donors (Lipinski definition) is 1. The van der Waals surface area contributed by atoms with E-state index in [0.717, 1.165) is 26.2 Å². The molecule has 13 heavy (non-hydrogen) atoms. The van der Waals surface area contributed by atoms with Gasteiger partial charge in [-0.1, -0.05) is 0 Å². The van der Waals surface area contributed by atoms with Crippen molar-refractivity contribution < 1.29 is 4.74 Å². The third kappa shape index (κ3) is 2.77. The number of rotatable bonds is 3. The van der Waals surface area contributed by atoms with E-state index in [1.165, 1.54) is 9.35 Å². The first-order valence-corrected chi connectivity index (χ1v) is 6.06. The van der Waals surface area contributed by atoms with Gasteiger partial charge in [0, 0.05) is 19.2 Å². The van der Waals surface area contributed by atoms with E-state index in [2.05, 4.69) is 32.7 Å². The lowest BCUT2D eigenvalue weighted by atomic mass is 10.2. The minimum atomic E-state index is 0.554. The van der Waals surface area contributed by atoms with Gasteiger partial charge in [0.15, 0.2) is 0 Å². The first kappa shape index (κ1) is 9.65. The first-order valence-electron chi connectivity index (χ1n) is 4.38. The lowest BCUT2D eigenvalue weighted by Crippen LogP contribution is -2.28. The summed E-state index contributed by atoms with van der Waals surface area (Å²) in [6, 6.07) is 2.71. The van der Waals surface area contributed by atoms with Crippen molar-refractivity contribution in [3.8, 4) is 0 Å². The van der Waals surface area contributed by atoms with E-state index >= 15 is 0 Å². The van der Waals surface area contributed by atoms with Gasteiger partial charge in [0.2, 0.25) is 0 Å². The molecule has 2 rings (SSSR count). The van der Waals surface area contributed by atoms with E-state index in [1.807, 2.05) is 0 Å². The molecule has 1 aromatic rings. The van der Waals surface area contributed by atoms with Crippen LogP contribution in [0.3, 0.4) is 0 Å². The standard InChI is InChI=1S/C9H12BrNOS/c10-9-3-7(6-13-9)4-11-8-1-2-12-5-8/h3,6,8,11H,1-2,4-5H2. The summed E-state index contributed by atoms with van der Waals surface area (Å²) in [4.78, 5) is 0. The van der Waals surface area contributed by atoms with E-state index < -0.39 is 0 Å². The second kappa shape index (κ2) is 4.55. The number of ether oxygens (including phenoxy) is 1. The van der Waals surface area contributed by atoms with E-state index in [9.17, 15) is 0 Å². The van der Waals surface area contributed by atoms with Gasteiger partial charge in [0.05, 0.1) is 10.4 Å². The Hall–Kier alpha value is 0.1000. The molecular weight excluding hydrogens is 250 g/mol. The Morgan fingerprint density at radius 3 is 3.23 bits per heavy atom. The van der Waals surface area contributed by atoms with Crippen LogP contribution in [0.1, 0.15) is 12.0 Å². The Kier molecular flexibility index (Phi) is 3.38. The van der Waals surface area contributed by atoms with Gasteiger partial charge in [-0.25, -0.2) is 0 Å². The van der Waals surface area contributed by atoms with Gasteiger partial charge in [-0.3, -0.25) is 0 Å². The molecule has 1 unspecified atom stereocenters. The molecule has 1 N–H and O–H groups in total. The van der Waals surface area contributed by atoms with Crippen LogP contribution in [0.2, 0.25) is 0 Å². The highest BCUT2D eigenvalue weighted by Crippen LogP contribution is 2.20. The molecule has 1 atom stereocenters. The Morgan fingerprint density at radius 1 is 1.69 bits per heavy atom. The minimum Gasteiger partial charge on any atom is -0.380 e. The summed E-state index contributed by atoms with van der Waals surface area (Å²) < 4.78 is 6.48. The molecule has 2 heterocycles. The molecule has 72 valence electrons. The molecule has 1 saturated heterocycles. The molecule has 1 fully saturated rings. The number of hydrogen-bond acceptors (Lipinski definition) is 3. The maximum absolute atomic E-state index is 5.28. The van der Waals surface area contributed by atoms with Gasteiger partial charge in [-0.2, -0.15) is 0 Å². The van der Waals surface area contributed by atoms with Crippen LogP contribution in [0.15, 0.2) is 15.2 Å². The number of thiophene rings is 1. The first-order chi connectivity index (χ1) is 6.34. The van der Waals surface area contributed by atoms with Crippen LogP contribution in [0.4, 0.5) is 0 Å². The normalized spacial score (nSPS) is 22.4. The van der Waals surface area contributed by atoms with E-state index in [0.29, 0.717) is 6.04 Å². The fraction of sp³-hybridized carbons (Fsp3) is 0.556. The zero-order valence-corrected chi connectivity index (χ0v) is 9.66. The second-order valence-electron chi connectivity index (χ2n) is 3.20. The molecule has 0 radical (unpaired) electrons. The summed E-state index contributed by atoms with van der Waals surface area (Å²) in [6.07, 6.45) is 1.14. The van der Waals surface area contributed by atoms with Crippen molar-refractivity contribution in [3.05, 3.63) is 20.8 Å². The lowest BCUT2D eigenvalue weighted by molar-refractivity contribution is 0.190. The monoisotopic (exact) mass is 261 g/mol. The van der Waals surface area contributed by atoms with Crippen molar-refractivity contribution in [3.63, 3.8) is 0 Å². The molecule has 1 aliphatic heterocycles. The number of halogens is 1. The van der Waals surface area contributed by atoms with Crippen LogP contribution >= 0.6 is 27.3 Å². The van der Waals surface area contributed by atoms with Crippen LogP contribution in [0, 0.1) is 0 Å². The molecule has 0 spiro atoms. The summed E-state index contributed by atoms with van der Waals surface area (Å²) in [5.41, 5.74) is 1.35. The van der Waals surface area contributed by atoms with Crippen LogP contribution in [0.25, 0.3) is 0 Å². The Bertz CT molecular complexity index is 270. The van der Waals surface area contributed by atoms with Crippen molar-refractivity contribution >= 4 is 27.3 Å². The maximum atomic E-state index is 5.28. The summed E-state index contributed by atoms with van der Waals surface area (Å²) in [5.74, 6) is 0. The molecular formula is C9H12BrNOS. The average Bonchev–Trinajstić information content (AvgIpc) is 2.71. The molecule has 1 aromatic heterocycles. The predicted molar refractivity (Wildman–Crippen MR) is 58.1 cm³/mol. The summed E-state index contributed by atoms with van der Waals surface area (Å²) in [6.45, 7) is 2.73. The zero-order chi connectivity index (χ0) is 9.10. The summed E-state index contributed by atoms with van der Waals surface area (Å²) in [5, 5.41) is 5.65. The van der Waals surface area contributed by atoms with E-state index in [-0.39, 0.29) is 0 Å². The molecule has 0 saturated carbocycles. The number of nitrogens with one attached hydrogen (secondary N) is 1. The fourth-order valence-corrected chi connectivity index (χ4v) is 2.61. The molecule has 2 nitrogen and oxygen atoms in total. The quantitative estimate of drug-likeness (QED) is 0.903. The maximum Gasteiger partial charge on any atom is 0.0701 e. The molecule has 0 aromatic carbocycles. The molecule has 4 heteroatoms. The molecule has 0 bridgehead atoms. The summed E-state index contributed by atoms with van der Waals surface area (Å²) in [7, 11) is 0. The summed E-state index contributed by atoms with van der Waals surface area (Å²) >= 11 is 5.18. The van der Waals surface area contributed by atoms with Crippen molar-refractivity contribution in [1.29, 1.82) is 0 Å². The average molecular weight is 262 g/mol. The van der Waals surface area contributed by atoms with Gasteiger partial charge in [-0.05, 0) is 39.4 Å². The van der Waals surface area contributed by atoms with Crippen LogP contribution in [-0.4, -0.2) is 19.3 Å². The van der Waals surface area contributed by atoms with Crippen LogP contribution < -0.4 is 5.32 Å². The zero-order valence-electron chi connectivity index (χ0n) is 7.25. The third-order valence-electron chi connectivity index (χ3n) is 2.15. The second-order valence-corrected chi connectivity index (χ2v) is 5.49. The largest absolute Gasteiger partial charge is 0.380 e. The smallest absolute Gasteiger partial charge is 0.0701 e. The molecule has 0 amide bonds. The van der Waals surface area contributed by atoms with E-state index in [4.69, 9.17) is 4.74 Å². The third-order valence-corrected chi connectivity index (χ3v) is 3.70. The topological polar surface area (TPSA) is 21.3 Å². The SMILES string of the molecule is Brc1cc(CNC2CCOC2)cs1. The van der Waals surface area contributed by atoms with Gasteiger partial charge in [-0.15, -0.1) is 11.3 Å². The van der Waals surface area contributed by atoms with Crippen LogP contribution in [-0.2, 0) is 11.3 Å². The Morgan fingerprint density at radius 2 is 2.62 bits per heavy atom. The van der Waals surface area contributed by atoms with Crippen LogP contribution in [0.5, 0.6) is 0 Å². The minimum absolute atomic E-state index is 0.554. The predicted octanol–water partition coefficient (Wildman–Crippen LogP) is 2.39. The van der Waals surface area contributed by atoms with Gasteiger partial charge < -0.3 is 10.1 Å². The highest BCUT2D eigenvalue weighted by atomic mass is 79.9.